The first kappa shape index (κ1) is 9.53. The summed E-state index contributed by atoms with van der Waals surface area (Å²) in [6.07, 6.45) is 1.40. The molecule has 2 nitrogen and oxygen atoms in total. The molecule has 0 atom stereocenters. The quantitative estimate of drug-likeness (QED) is 0.717. The van der Waals surface area contributed by atoms with Gasteiger partial charge in [-0.1, -0.05) is 18.5 Å². The Morgan fingerprint density at radius 2 is 2.36 bits per heavy atom. The lowest BCUT2D eigenvalue weighted by Crippen LogP contribution is -2.11. The van der Waals surface area contributed by atoms with Crippen LogP contribution in [0.5, 0.6) is 5.75 Å². The SMILES string of the molecule is CCCC(=O)c1cc2c(cc1Cl)OC2. The number of carbonyl (C=O) groups excluding carboxylic acids is 1. The topological polar surface area (TPSA) is 26.3 Å². The standard InChI is InChI=1S/C11H11ClO2/c1-2-3-10(13)8-4-7-6-14-11(7)5-9(8)12/h4-5H,2-3,6H2,1H3. The Labute approximate surface area is 87.8 Å². The molecule has 0 N–H and O–H groups in total. The minimum absolute atomic E-state index is 0.118. The van der Waals surface area contributed by atoms with Gasteiger partial charge in [0.05, 0.1) is 5.02 Å². The molecule has 0 unspecified atom stereocenters. The van der Waals surface area contributed by atoms with Crippen molar-refractivity contribution in [2.24, 2.45) is 0 Å². The van der Waals surface area contributed by atoms with Crippen molar-refractivity contribution in [1.29, 1.82) is 0 Å². The fourth-order valence-corrected chi connectivity index (χ4v) is 1.76. The van der Waals surface area contributed by atoms with E-state index >= 15 is 0 Å². The number of fused-ring (bicyclic) bond motifs is 1. The molecule has 0 aliphatic carbocycles. The molecule has 1 aliphatic heterocycles. The molecule has 1 heterocycles. The zero-order valence-electron chi connectivity index (χ0n) is 7.97. The maximum Gasteiger partial charge on any atom is 0.164 e. The first-order chi connectivity index (χ1) is 6.72. The molecule has 0 aromatic heterocycles. The van der Waals surface area contributed by atoms with Gasteiger partial charge < -0.3 is 4.74 Å². The summed E-state index contributed by atoms with van der Waals surface area (Å²) in [5, 5.41) is 0.502. The zero-order chi connectivity index (χ0) is 10.1. The summed E-state index contributed by atoms with van der Waals surface area (Å²) in [7, 11) is 0. The van der Waals surface area contributed by atoms with E-state index in [1.807, 2.05) is 13.0 Å². The number of hydrogen-bond acceptors (Lipinski definition) is 2. The summed E-state index contributed by atoms with van der Waals surface area (Å²) in [5.74, 6) is 0.926. The van der Waals surface area contributed by atoms with Crippen LogP contribution in [0.3, 0.4) is 0 Å². The summed E-state index contributed by atoms with van der Waals surface area (Å²) < 4.78 is 5.16. The smallest absolute Gasteiger partial charge is 0.164 e. The lowest BCUT2D eigenvalue weighted by Gasteiger charge is -2.21. The molecular weight excluding hydrogens is 200 g/mol. The molecule has 2 rings (SSSR count). The molecule has 0 saturated carbocycles. The minimum Gasteiger partial charge on any atom is -0.488 e. The van der Waals surface area contributed by atoms with E-state index in [1.54, 1.807) is 6.07 Å². The molecule has 74 valence electrons. The number of carbonyl (C=O) groups is 1. The van der Waals surface area contributed by atoms with Crippen LogP contribution < -0.4 is 4.74 Å². The van der Waals surface area contributed by atoms with E-state index in [0.717, 1.165) is 17.7 Å². The molecule has 0 bridgehead atoms. The van der Waals surface area contributed by atoms with Crippen molar-refractivity contribution in [3.63, 3.8) is 0 Å². The van der Waals surface area contributed by atoms with Crippen LogP contribution in [-0.4, -0.2) is 5.78 Å². The average Bonchev–Trinajstić information content (AvgIpc) is 2.11. The van der Waals surface area contributed by atoms with Gasteiger partial charge in [-0.25, -0.2) is 0 Å². The fraction of sp³-hybridized carbons (Fsp3) is 0.364. The maximum atomic E-state index is 11.6. The van der Waals surface area contributed by atoms with Crippen LogP contribution in [0.4, 0.5) is 0 Å². The van der Waals surface area contributed by atoms with Crippen molar-refractivity contribution in [3.05, 3.63) is 28.3 Å². The Morgan fingerprint density at radius 3 is 2.93 bits per heavy atom. The molecule has 14 heavy (non-hydrogen) atoms. The van der Waals surface area contributed by atoms with Gasteiger partial charge in [0.1, 0.15) is 12.4 Å². The molecule has 3 heteroatoms. The van der Waals surface area contributed by atoms with Crippen LogP contribution >= 0.6 is 11.6 Å². The number of halogens is 1. The van der Waals surface area contributed by atoms with Gasteiger partial charge in [-0.15, -0.1) is 0 Å². The summed E-state index contributed by atoms with van der Waals surface area (Å²) in [6, 6.07) is 3.57. The van der Waals surface area contributed by atoms with E-state index in [0.29, 0.717) is 23.6 Å². The van der Waals surface area contributed by atoms with Gasteiger partial charge in [0.2, 0.25) is 0 Å². The predicted octanol–water partition coefficient (Wildman–Crippen LogP) is 3.22. The second-order valence-corrected chi connectivity index (χ2v) is 3.81. The molecule has 0 spiro atoms. The summed E-state index contributed by atoms with van der Waals surface area (Å²) in [6.45, 7) is 2.58. The maximum absolute atomic E-state index is 11.6. The van der Waals surface area contributed by atoms with Gasteiger partial charge in [0, 0.05) is 17.5 Å². The molecule has 0 fully saturated rings. The molecule has 1 aromatic carbocycles. The van der Waals surface area contributed by atoms with Gasteiger partial charge in [0.15, 0.2) is 5.78 Å². The third kappa shape index (κ3) is 1.50. The monoisotopic (exact) mass is 210 g/mol. The Kier molecular flexibility index (Phi) is 2.46. The fourth-order valence-electron chi connectivity index (χ4n) is 1.50. The lowest BCUT2D eigenvalue weighted by atomic mass is 10.0. The van der Waals surface area contributed by atoms with Crippen LogP contribution in [0, 0.1) is 0 Å². The molecule has 0 saturated heterocycles. The van der Waals surface area contributed by atoms with E-state index in [1.165, 1.54) is 0 Å². The largest absolute Gasteiger partial charge is 0.488 e. The molecule has 1 aliphatic rings. The number of benzene rings is 1. The summed E-state index contributed by atoms with van der Waals surface area (Å²) in [4.78, 5) is 11.6. The highest BCUT2D eigenvalue weighted by Gasteiger charge is 2.20. The Hall–Kier alpha value is -1.02. The Balaban J connectivity index is 2.33. The normalized spacial score (nSPS) is 12.7. The number of ketones is 1. The number of hydrogen-bond donors (Lipinski definition) is 0. The van der Waals surface area contributed by atoms with Crippen molar-refractivity contribution in [3.8, 4) is 5.75 Å². The van der Waals surface area contributed by atoms with Crippen molar-refractivity contribution in [2.45, 2.75) is 26.4 Å². The van der Waals surface area contributed by atoms with Crippen molar-refractivity contribution in [1.82, 2.24) is 0 Å². The predicted molar refractivity (Wildman–Crippen MR) is 55.0 cm³/mol. The van der Waals surface area contributed by atoms with Gasteiger partial charge in [-0.05, 0) is 18.6 Å². The Morgan fingerprint density at radius 1 is 1.57 bits per heavy atom. The third-order valence-corrected chi connectivity index (χ3v) is 2.62. The van der Waals surface area contributed by atoms with E-state index in [9.17, 15) is 4.79 Å². The van der Waals surface area contributed by atoms with Gasteiger partial charge >= 0.3 is 0 Å². The summed E-state index contributed by atoms with van der Waals surface area (Å²) in [5.41, 5.74) is 1.71. The highest BCUT2D eigenvalue weighted by Crippen LogP contribution is 2.34. The van der Waals surface area contributed by atoms with Crippen LogP contribution in [0.2, 0.25) is 5.02 Å². The number of Topliss-reactive ketones (excluding diaryl/α,β-unsaturated/α-hetero) is 1. The van der Waals surface area contributed by atoms with Crippen LogP contribution in [0.1, 0.15) is 35.7 Å². The van der Waals surface area contributed by atoms with Crippen LogP contribution in [0.25, 0.3) is 0 Å². The number of rotatable bonds is 3. The second-order valence-electron chi connectivity index (χ2n) is 3.40. The minimum atomic E-state index is 0.118. The Bertz CT molecular complexity index is 385. The van der Waals surface area contributed by atoms with E-state index < -0.39 is 0 Å². The van der Waals surface area contributed by atoms with Crippen molar-refractivity contribution >= 4 is 17.4 Å². The lowest BCUT2D eigenvalue weighted by molar-refractivity contribution is 0.0981. The van der Waals surface area contributed by atoms with Crippen molar-refractivity contribution in [2.75, 3.05) is 0 Å². The van der Waals surface area contributed by atoms with Crippen molar-refractivity contribution < 1.29 is 9.53 Å². The van der Waals surface area contributed by atoms with Gasteiger partial charge in [-0.2, -0.15) is 0 Å². The van der Waals surface area contributed by atoms with E-state index in [4.69, 9.17) is 16.3 Å². The van der Waals surface area contributed by atoms with Gasteiger partial charge in [-0.3, -0.25) is 4.79 Å². The summed E-state index contributed by atoms with van der Waals surface area (Å²) >= 11 is 5.97. The highest BCUT2D eigenvalue weighted by molar-refractivity contribution is 6.34. The van der Waals surface area contributed by atoms with E-state index in [-0.39, 0.29) is 5.78 Å². The molecule has 1 aromatic rings. The van der Waals surface area contributed by atoms with Gasteiger partial charge in [0.25, 0.3) is 0 Å². The number of ether oxygens (including phenoxy) is 1. The average molecular weight is 211 g/mol. The van der Waals surface area contributed by atoms with E-state index in [2.05, 4.69) is 0 Å². The molecule has 0 amide bonds. The molecular formula is C11H11ClO2. The van der Waals surface area contributed by atoms with Crippen LogP contribution in [0.15, 0.2) is 12.1 Å². The highest BCUT2D eigenvalue weighted by atomic mass is 35.5. The second kappa shape index (κ2) is 3.62. The molecule has 0 radical (unpaired) electrons. The first-order valence-electron chi connectivity index (χ1n) is 4.70. The third-order valence-electron chi connectivity index (χ3n) is 2.31. The first-order valence-corrected chi connectivity index (χ1v) is 5.08. The van der Waals surface area contributed by atoms with Crippen LogP contribution in [-0.2, 0) is 6.61 Å². The zero-order valence-corrected chi connectivity index (χ0v) is 8.73.